The Morgan fingerprint density at radius 2 is 0.857 bits per heavy atom. The Bertz CT molecular complexity index is 596. The van der Waals surface area contributed by atoms with Crippen LogP contribution in [0.5, 0.6) is 0 Å². The largest absolute Gasteiger partial charge is 0.462 e. The minimum absolute atomic E-state index is 0.0272. The molecule has 1 atom stereocenters. The predicted molar refractivity (Wildman–Crippen MR) is 184 cm³/mol. The summed E-state index contributed by atoms with van der Waals surface area (Å²) in [6, 6.07) is 0. The zero-order valence-corrected chi connectivity index (χ0v) is 29.5. The van der Waals surface area contributed by atoms with Gasteiger partial charge in [-0.1, -0.05) is 175 Å². The molecule has 0 radical (unpaired) electrons. The topological polar surface area (TPSA) is 43.4 Å². The fraction of sp³-hybridized carbons (Fsp3) is 0.949. The minimum atomic E-state index is 0.0272. The number of carbonyl (C=O) groups excluding carboxylic acids is 2. The number of unbranched alkanes of at least 4 members (excludes halogenated alkanes) is 23. The average Bonchev–Trinajstić information content (AvgIpc) is 2.95. The monoisotopic (exact) mass is 593 g/mol. The molecule has 0 aliphatic carbocycles. The van der Waals surface area contributed by atoms with Crippen LogP contribution in [0.25, 0.3) is 0 Å². The van der Waals surface area contributed by atoms with Gasteiger partial charge in [0.25, 0.3) is 0 Å². The SMILES string of the molecule is CCCCCCCCCCCCCCCCCCC(=O)OC(CCCCCC)C(C)(C)CCCCCCCCC(C)=O. The second-order valence-corrected chi connectivity index (χ2v) is 14.2. The lowest BCUT2D eigenvalue weighted by Crippen LogP contribution is -2.34. The molecule has 250 valence electrons. The van der Waals surface area contributed by atoms with Crippen molar-refractivity contribution in [3.8, 4) is 0 Å². The standard InChI is InChI=1S/C39H76O3/c1-6-8-10-12-13-14-15-16-17-18-19-20-21-22-26-30-34-38(41)42-37(33-29-11-9-7-2)39(4,5)35-31-27-24-23-25-28-32-36(3)40/h37H,6-35H2,1-5H3. The molecule has 0 aromatic heterocycles. The van der Waals surface area contributed by atoms with Crippen LogP contribution in [0.3, 0.4) is 0 Å². The first kappa shape index (κ1) is 41.1. The summed E-state index contributed by atoms with van der Waals surface area (Å²) in [7, 11) is 0. The molecule has 0 rings (SSSR count). The molecule has 0 saturated heterocycles. The zero-order valence-electron chi connectivity index (χ0n) is 29.5. The Hall–Kier alpha value is -0.860. The molecule has 0 aliphatic heterocycles. The van der Waals surface area contributed by atoms with Gasteiger partial charge in [0.1, 0.15) is 11.9 Å². The average molecular weight is 593 g/mol. The van der Waals surface area contributed by atoms with Gasteiger partial charge in [-0.2, -0.15) is 0 Å². The van der Waals surface area contributed by atoms with E-state index < -0.39 is 0 Å². The van der Waals surface area contributed by atoms with Crippen LogP contribution < -0.4 is 0 Å². The molecule has 42 heavy (non-hydrogen) atoms. The van der Waals surface area contributed by atoms with Crippen molar-refractivity contribution in [2.45, 2.75) is 233 Å². The first-order valence-electron chi connectivity index (χ1n) is 19.0. The highest BCUT2D eigenvalue weighted by molar-refractivity contribution is 5.75. The number of hydrogen-bond donors (Lipinski definition) is 0. The summed E-state index contributed by atoms with van der Waals surface area (Å²) in [4.78, 5) is 23.9. The predicted octanol–water partition coefficient (Wildman–Crippen LogP) is 13.3. The molecule has 3 nitrogen and oxygen atoms in total. The van der Waals surface area contributed by atoms with Crippen LogP contribution in [0.2, 0.25) is 0 Å². The molecule has 0 bridgehead atoms. The van der Waals surface area contributed by atoms with Crippen LogP contribution in [-0.2, 0) is 14.3 Å². The Labute approximate surface area is 264 Å². The van der Waals surface area contributed by atoms with E-state index in [9.17, 15) is 9.59 Å². The number of carbonyl (C=O) groups is 2. The fourth-order valence-corrected chi connectivity index (χ4v) is 6.22. The highest BCUT2D eigenvalue weighted by Gasteiger charge is 2.31. The first-order chi connectivity index (χ1) is 20.3. The third-order valence-corrected chi connectivity index (χ3v) is 9.30. The van der Waals surface area contributed by atoms with E-state index in [0.717, 1.165) is 44.9 Å². The van der Waals surface area contributed by atoms with Crippen molar-refractivity contribution < 1.29 is 14.3 Å². The van der Waals surface area contributed by atoms with Gasteiger partial charge in [0.05, 0.1) is 0 Å². The second kappa shape index (κ2) is 30.2. The highest BCUT2D eigenvalue weighted by Crippen LogP contribution is 2.34. The Morgan fingerprint density at radius 3 is 1.29 bits per heavy atom. The van der Waals surface area contributed by atoms with Crippen molar-refractivity contribution in [3.63, 3.8) is 0 Å². The molecule has 0 aliphatic rings. The molecular weight excluding hydrogens is 516 g/mol. The summed E-state index contributed by atoms with van der Waals surface area (Å²) in [5, 5.41) is 0. The van der Waals surface area contributed by atoms with Crippen LogP contribution in [0.15, 0.2) is 0 Å². The molecule has 0 saturated carbocycles. The van der Waals surface area contributed by atoms with Gasteiger partial charge in [-0.05, 0) is 39.0 Å². The summed E-state index contributed by atoms with van der Waals surface area (Å²) in [6.45, 7) is 10.9. The number of rotatable bonds is 33. The molecule has 0 spiro atoms. The molecular formula is C39H76O3. The van der Waals surface area contributed by atoms with E-state index in [-0.39, 0.29) is 17.5 Å². The molecule has 3 heteroatoms. The van der Waals surface area contributed by atoms with Crippen LogP contribution in [0.1, 0.15) is 227 Å². The molecule has 0 heterocycles. The van der Waals surface area contributed by atoms with E-state index in [0.29, 0.717) is 12.2 Å². The van der Waals surface area contributed by atoms with Gasteiger partial charge in [-0.3, -0.25) is 4.79 Å². The molecule has 1 unspecified atom stereocenters. The van der Waals surface area contributed by atoms with Gasteiger partial charge in [0, 0.05) is 18.3 Å². The highest BCUT2D eigenvalue weighted by atomic mass is 16.5. The summed E-state index contributed by atoms with van der Waals surface area (Å²) in [6.07, 6.45) is 37.1. The molecule has 0 aromatic carbocycles. The van der Waals surface area contributed by atoms with Gasteiger partial charge in [-0.25, -0.2) is 0 Å². The lowest BCUT2D eigenvalue weighted by Gasteiger charge is -2.34. The quantitative estimate of drug-likeness (QED) is 0.0562. The Kier molecular flexibility index (Phi) is 29.6. The maximum absolute atomic E-state index is 12.8. The van der Waals surface area contributed by atoms with Gasteiger partial charge in [0.2, 0.25) is 0 Å². The number of esters is 1. The van der Waals surface area contributed by atoms with E-state index >= 15 is 0 Å². The Balaban J connectivity index is 4.04. The summed E-state index contributed by atoms with van der Waals surface area (Å²) in [5.74, 6) is 0.338. The zero-order chi connectivity index (χ0) is 31.2. The number of ether oxygens (including phenoxy) is 1. The molecule has 0 N–H and O–H groups in total. The lowest BCUT2D eigenvalue weighted by molar-refractivity contribution is -0.156. The normalized spacial score (nSPS) is 12.5. The molecule has 0 aromatic rings. The maximum Gasteiger partial charge on any atom is 0.306 e. The third-order valence-electron chi connectivity index (χ3n) is 9.30. The van der Waals surface area contributed by atoms with Gasteiger partial charge in [-0.15, -0.1) is 0 Å². The van der Waals surface area contributed by atoms with E-state index in [1.54, 1.807) is 6.92 Å². The number of Topliss-reactive ketones (excluding diaryl/α,β-unsaturated/α-hetero) is 1. The van der Waals surface area contributed by atoms with E-state index in [1.807, 2.05) is 0 Å². The smallest absolute Gasteiger partial charge is 0.306 e. The molecule has 0 fully saturated rings. The van der Waals surface area contributed by atoms with Gasteiger partial charge in [0.15, 0.2) is 0 Å². The van der Waals surface area contributed by atoms with Crippen molar-refractivity contribution in [2.75, 3.05) is 0 Å². The second-order valence-electron chi connectivity index (χ2n) is 14.2. The first-order valence-corrected chi connectivity index (χ1v) is 19.0. The minimum Gasteiger partial charge on any atom is -0.462 e. The van der Waals surface area contributed by atoms with Crippen LogP contribution in [0.4, 0.5) is 0 Å². The van der Waals surface area contributed by atoms with Crippen molar-refractivity contribution in [3.05, 3.63) is 0 Å². The summed E-state index contributed by atoms with van der Waals surface area (Å²) < 4.78 is 6.18. The third kappa shape index (κ3) is 27.9. The van der Waals surface area contributed by atoms with E-state index in [4.69, 9.17) is 4.74 Å². The van der Waals surface area contributed by atoms with Crippen LogP contribution in [0, 0.1) is 5.41 Å². The fourth-order valence-electron chi connectivity index (χ4n) is 6.22. The maximum atomic E-state index is 12.8. The van der Waals surface area contributed by atoms with E-state index in [2.05, 4.69) is 27.7 Å². The van der Waals surface area contributed by atoms with Gasteiger partial charge >= 0.3 is 5.97 Å². The lowest BCUT2D eigenvalue weighted by atomic mass is 9.79. The van der Waals surface area contributed by atoms with Crippen molar-refractivity contribution >= 4 is 11.8 Å². The number of ketones is 1. The summed E-state index contributed by atoms with van der Waals surface area (Å²) >= 11 is 0. The summed E-state index contributed by atoms with van der Waals surface area (Å²) in [5.41, 5.74) is 0.0329. The van der Waals surface area contributed by atoms with Crippen molar-refractivity contribution in [1.29, 1.82) is 0 Å². The van der Waals surface area contributed by atoms with E-state index in [1.165, 1.54) is 141 Å². The number of hydrogen-bond acceptors (Lipinski definition) is 3. The Morgan fingerprint density at radius 1 is 0.500 bits per heavy atom. The van der Waals surface area contributed by atoms with Crippen LogP contribution in [-0.4, -0.2) is 17.9 Å². The van der Waals surface area contributed by atoms with Crippen molar-refractivity contribution in [1.82, 2.24) is 0 Å². The van der Waals surface area contributed by atoms with Gasteiger partial charge < -0.3 is 9.53 Å². The molecule has 0 amide bonds. The van der Waals surface area contributed by atoms with Crippen molar-refractivity contribution in [2.24, 2.45) is 5.41 Å². The van der Waals surface area contributed by atoms with Crippen LogP contribution >= 0.6 is 0 Å².